The molecule has 0 radical (unpaired) electrons. The predicted molar refractivity (Wildman–Crippen MR) is 120 cm³/mol. The molecule has 2 amide bonds. The molecule has 3 aromatic carbocycles. The summed E-state index contributed by atoms with van der Waals surface area (Å²) in [5.41, 5.74) is 2.29. The monoisotopic (exact) mass is 419 g/mol. The Balaban J connectivity index is 1.69. The molecule has 1 aromatic heterocycles. The lowest BCUT2D eigenvalue weighted by Crippen LogP contribution is -2.21. The summed E-state index contributed by atoms with van der Waals surface area (Å²) in [5.74, 6) is -0.497. The number of halogens is 1. The maximum atomic E-state index is 12.8. The van der Waals surface area contributed by atoms with Crippen LogP contribution in [0.4, 0.5) is 11.4 Å². The second kappa shape index (κ2) is 8.00. The number of nitrogens with one attached hydrogen (secondary N) is 2. The van der Waals surface area contributed by atoms with E-state index < -0.39 is 0 Å². The van der Waals surface area contributed by atoms with Crippen molar-refractivity contribution in [3.63, 3.8) is 0 Å². The number of anilines is 2. The van der Waals surface area contributed by atoms with E-state index in [4.69, 9.17) is 11.6 Å². The van der Waals surface area contributed by atoms with Crippen molar-refractivity contribution < 1.29 is 9.59 Å². The lowest BCUT2D eigenvalue weighted by Gasteiger charge is -2.15. The van der Waals surface area contributed by atoms with Crippen molar-refractivity contribution in [1.29, 1.82) is 0 Å². The van der Waals surface area contributed by atoms with Gasteiger partial charge in [-0.3, -0.25) is 14.4 Å². The Hall–Kier alpha value is -3.64. The SMILES string of the molecule is CC(=O)Nc1ccc(NC(=O)Cn2c3ccccc3c(=O)c3ccccc32)c(Cl)c1. The van der Waals surface area contributed by atoms with Gasteiger partial charge in [0.2, 0.25) is 11.8 Å². The molecule has 0 aliphatic carbocycles. The standard InChI is InChI=1S/C23H18ClN3O3/c1-14(28)25-15-10-11-19(18(24)12-15)26-22(29)13-27-20-8-4-2-6-16(20)23(30)17-7-3-5-9-21(17)27/h2-12H,13H2,1H3,(H,25,28)(H,26,29). The van der Waals surface area contributed by atoms with Crippen LogP contribution in [0.5, 0.6) is 0 Å². The number of nitrogens with zero attached hydrogens (tertiary/aromatic N) is 1. The van der Waals surface area contributed by atoms with Gasteiger partial charge in [-0.15, -0.1) is 0 Å². The molecule has 0 spiro atoms. The van der Waals surface area contributed by atoms with E-state index in [9.17, 15) is 14.4 Å². The smallest absolute Gasteiger partial charge is 0.244 e. The van der Waals surface area contributed by atoms with Gasteiger partial charge in [-0.25, -0.2) is 0 Å². The van der Waals surface area contributed by atoms with E-state index >= 15 is 0 Å². The lowest BCUT2D eigenvalue weighted by molar-refractivity contribution is -0.116. The summed E-state index contributed by atoms with van der Waals surface area (Å²) in [6.45, 7) is 1.41. The quantitative estimate of drug-likeness (QED) is 0.481. The zero-order valence-electron chi connectivity index (χ0n) is 16.1. The number of benzene rings is 3. The molecule has 4 rings (SSSR count). The molecule has 0 saturated heterocycles. The van der Waals surface area contributed by atoms with Gasteiger partial charge in [-0.2, -0.15) is 0 Å². The lowest BCUT2D eigenvalue weighted by atomic mass is 10.1. The third-order valence-corrected chi connectivity index (χ3v) is 5.06. The zero-order chi connectivity index (χ0) is 21.3. The molecule has 0 aliphatic heterocycles. The molecule has 0 aliphatic rings. The highest BCUT2D eigenvalue weighted by atomic mass is 35.5. The van der Waals surface area contributed by atoms with E-state index in [2.05, 4.69) is 10.6 Å². The Kier molecular flexibility index (Phi) is 5.25. The summed E-state index contributed by atoms with van der Waals surface area (Å²) in [5, 5.41) is 6.87. The van der Waals surface area contributed by atoms with Crippen molar-refractivity contribution in [3.8, 4) is 0 Å². The van der Waals surface area contributed by atoms with Crippen LogP contribution in [-0.4, -0.2) is 16.4 Å². The topological polar surface area (TPSA) is 80.2 Å². The first-order valence-electron chi connectivity index (χ1n) is 9.31. The molecule has 150 valence electrons. The fourth-order valence-electron chi connectivity index (χ4n) is 3.48. The number of aromatic nitrogens is 1. The molecule has 1 heterocycles. The van der Waals surface area contributed by atoms with Crippen LogP contribution in [0.25, 0.3) is 21.8 Å². The molecule has 6 nitrogen and oxygen atoms in total. The third kappa shape index (κ3) is 3.77. The minimum Gasteiger partial charge on any atom is -0.331 e. The fourth-order valence-corrected chi connectivity index (χ4v) is 3.71. The second-order valence-electron chi connectivity index (χ2n) is 6.87. The average Bonchev–Trinajstić information content (AvgIpc) is 2.73. The van der Waals surface area contributed by atoms with Crippen molar-refractivity contribution in [2.45, 2.75) is 13.5 Å². The molecule has 30 heavy (non-hydrogen) atoms. The van der Waals surface area contributed by atoms with Gasteiger partial charge in [0.05, 0.1) is 21.7 Å². The Bertz CT molecular complexity index is 1300. The zero-order valence-corrected chi connectivity index (χ0v) is 16.9. The highest BCUT2D eigenvalue weighted by molar-refractivity contribution is 6.34. The maximum absolute atomic E-state index is 12.8. The molecule has 0 saturated carbocycles. The summed E-state index contributed by atoms with van der Waals surface area (Å²) >= 11 is 6.26. The van der Waals surface area contributed by atoms with Crippen LogP contribution in [0.3, 0.4) is 0 Å². The summed E-state index contributed by atoms with van der Waals surface area (Å²) in [6.07, 6.45) is 0. The first-order chi connectivity index (χ1) is 14.4. The van der Waals surface area contributed by atoms with Crippen LogP contribution < -0.4 is 16.1 Å². The number of rotatable bonds is 4. The molecule has 0 unspecified atom stereocenters. The van der Waals surface area contributed by atoms with E-state index in [0.717, 1.165) is 0 Å². The Morgan fingerprint density at radius 2 is 1.50 bits per heavy atom. The van der Waals surface area contributed by atoms with Crippen LogP contribution in [0.2, 0.25) is 5.02 Å². The Morgan fingerprint density at radius 1 is 0.900 bits per heavy atom. The van der Waals surface area contributed by atoms with E-state index in [-0.39, 0.29) is 23.8 Å². The van der Waals surface area contributed by atoms with Crippen molar-refractivity contribution in [2.24, 2.45) is 0 Å². The number of hydrogen-bond donors (Lipinski definition) is 2. The number of hydrogen-bond acceptors (Lipinski definition) is 3. The third-order valence-electron chi connectivity index (χ3n) is 4.74. The Labute approximate surface area is 177 Å². The van der Waals surface area contributed by atoms with E-state index in [1.807, 2.05) is 28.8 Å². The molecule has 2 N–H and O–H groups in total. The second-order valence-corrected chi connectivity index (χ2v) is 7.28. The summed E-state index contributed by atoms with van der Waals surface area (Å²) in [4.78, 5) is 36.8. The average molecular weight is 420 g/mol. The van der Waals surface area contributed by atoms with Gasteiger partial charge in [-0.05, 0) is 42.5 Å². The molecular weight excluding hydrogens is 402 g/mol. The van der Waals surface area contributed by atoms with Crippen molar-refractivity contribution in [1.82, 2.24) is 4.57 Å². The van der Waals surface area contributed by atoms with Gasteiger partial charge >= 0.3 is 0 Å². The number of amides is 2. The highest BCUT2D eigenvalue weighted by Crippen LogP contribution is 2.26. The highest BCUT2D eigenvalue weighted by Gasteiger charge is 2.14. The molecular formula is C23H18ClN3O3. The number of carbonyl (C=O) groups is 2. The van der Waals surface area contributed by atoms with Gasteiger partial charge in [0.25, 0.3) is 0 Å². The number of pyridine rings is 1. The van der Waals surface area contributed by atoms with Crippen LogP contribution in [0, 0.1) is 0 Å². The van der Waals surface area contributed by atoms with Gasteiger partial charge in [0, 0.05) is 23.4 Å². The fraction of sp³-hybridized carbons (Fsp3) is 0.0870. The molecule has 0 bridgehead atoms. The summed E-state index contributed by atoms with van der Waals surface area (Å²) < 4.78 is 1.82. The van der Waals surface area contributed by atoms with Gasteiger partial charge in [0.1, 0.15) is 6.54 Å². The van der Waals surface area contributed by atoms with Crippen molar-refractivity contribution in [2.75, 3.05) is 10.6 Å². The number of carbonyl (C=O) groups excluding carboxylic acids is 2. The van der Waals surface area contributed by atoms with Crippen molar-refractivity contribution >= 4 is 56.6 Å². The largest absolute Gasteiger partial charge is 0.331 e. The predicted octanol–water partition coefficient (Wildman–Crippen LogP) is 4.41. The number of para-hydroxylation sites is 2. The summed E-state index contributed by atoms with van der Waals surface area (Å²) in [7, 11) is 0. The molecule has 0 fully saturated rings. The van der Waals surface area contributed by atoms with E-state index in [0.29, 0.717) is 38.2 Å². The van der Waals surface area contributed by atoms with Crippen LogP contribution in [0.1, 0.15) is 6.92 Å². The first kappa shape index (κ1) is 19.7. The normalized spacial score (nSPS) is 10.9. The van der Waals surface area contributed by atoms with Crippen molar-refractivity contribution in [3.05, 3.63) is 82.0 Å². The summed E-state index contributed by atoms with van der Waals surface area (Å²) in [6, 6.07) is 19.3. The number of fused-ring (bicyclic) bond motifs is 2. The minimum absolute atomic E-state index is 0.00504. The van der Waals surface area contributed by atoms with Crippen LogP contribution >= 0.6 is 11.6 Å². The van der Waals surface area contributed by atoms with Gasteiger partial charge in [-0.1, -0.05) is 35.9 Å². The van der Waals surface area contributed by atoms with Gasteiger partial charge < -0.3 is 15.2 Å². The first-order valence-corrected chi connectivity index (χ1v) is 9.69. The molecule has 0 atom stereocenters. The van der Waals surface area contributed by atoms with E-state index in [1.165, 1.54) is 6.92 Å². The Morgan fingerprint density at radius 3 is 2.07 bits per heavy atom. The van der Waals surface area contributed by atoms with E-state index in [1.54, 1.807) is 42.5 Å². The minimum atomic E-state index is -0.289. The van der Waals surface area contributed by atoms with Crippen LogP contribution in [-0.2, 0) is 16.1 Å². The molecule has 7 heteroatoms. The van der Waals surface area contributed by atoms with Crippen LogP contribution in [0.15, 0.2) is 71.5 Å². The maximum Gasteiger partial charge on any atom is 0.244 e. The van der Waals surface area contributed by atoms with Gasteiger partial charge in [0.15, 0.2) is 5.43 Å². The molecule has 4 aromatic rings.